The fraction of sp³-hybridized carbons (Fsp3) is 0.800. The van der Waals surface area contributed by atoms with Crippen LogP contribution in [0.1, 0.15) is 25.7 Å². The molecule has 2 unspecified atom stereocenters. The summed E-state index contributed by atoms with van der Waals surface area (Å²) >= 11 is 0. The average Bonchev–Trinajstić information content (AvgIpc) is 2.09. The quantitative estimate of drug-likeness (QED) is 0.574. The van der Waals surface area contributed by atoms with Crippen molar-refractivity contribution >= 4 is 12.9 Å². The lowest BCUT2D eigenvalue weighted by Crippen LogP contribution is -2.23. The van der Waals surface area contributed by atoms with Crippen molar-refractivity contribution in [2.45, 2.75) is 25.7 Å². The van der Waals surface area contributed by atoms with E-state index in [4.69, 9.17) is 0 Å². The van der Waals surface area contributed by atoms with Crippen LogP contribution in [0.15, 0.2) is 9.98 Å². The number of nitrogens with zero attached hydrogens (tertiary/aromatic N) is 2. The summed E-state index contributed by atoms with van der Waals surface area (Å²) in [5.41, 5.74) is 0. The van der Waals surface area contributed by atoms with E-state index in [2.05, 4.69) is 22.9 Å². The molecule has 1 saturated carbocycles. The lowest BCUT2D eigenvalue weighted by atomic mass is 9.80. The molecule has 0 aromatic rings. The molecule has 0 aromatic carbocycles. The number of aliphatic imine (C=N–C) groups is 2. The second-order valence-electron chi connectivity index (χ2n) is 3.52. The smallest absolute Gasteiger partial charge is 0.0416 e. The first-order valence-corrected chi connectivity index (χ1v) is 4.73. The molecule has 2 heteroatoms. The Morgan fingerprint density at radius 2 is 2.17 bits per heavy atom. The Balaban J connectivity index is 2.47. The summed E-state index contributed by atoms with van der Waals surface area (Å²) in [6.07, 6.45) is 7.39. The molecule has 68 valence electrons. The Morgan fingerprint density at radius 3 is 2.83 bits per heavy atom. The third kappa shape index (κ3) is 2.43. The van der Waals surface area contributed by atoms with Crippen LogP contribution in [0.3, 0.4) is 0 Å². The topological polar surface area (TPSA) is 24.7 Å². The van der Waals surface area contributed by atoms with Gasteiger partial charge in [0.1, 0.15) is 0 Å². The van der Waals surface area contributed by atoms with Gasteiger partial charge in [-0.15, -0.1) is 0 Å². The average molecular weight is 166 g/mol. The van der Waals surface area contributed by atoms with Crippen molar-refractivity contribution in [3.63, 3.8) is 0 Å². The highest BCUT2D eigenvalue weighted by Crippen LogP contribution is 2.28. The number of hydrogen-bond donors (Lipinski definition) is 0. The lowest BCUT2D eigenvalue weighted by molar-refractivity contribution is 0.314. The van der Waals surface area contributed by atoms with Gasteiger partial charge in [0.25, 0.3) is 0 Å². The van der Waals surface area contributed by atoms with E-state index in [0.717, 1.165) is 6.54 Å². The monoisotopic (exact) mass is 166 g/mol. The Morgan fingerprint density at radius 1 is 1.42 bits per heavy atom. The summed E-state index contributed by atoms with van der Waals surface area (Å²) < 4.78 is 0. The first kappa shape index (κ1) is 9.43. The van der Waals surface area contributed by atoms with Crippen LogP contribution in [-0.2, 0) is 0 Å². The van der Waals surface area contributed by atoms with Crippen molar-refractivity contribution < 1.29 is 0 Å². The number of hydrogen-bond acceptors (Lipinski definition) is 2. The van der Waals surface area contributed by atoms with E-state index in [9.17, 15) is 0 Å². The molecule has 1 fully saturated rings. The molecule has 0 aromatic heterocycles. The third-order valence-corrected chi connectivity index (χ3v) is 2.67. The summed E-state index contributed by atoms with van der Waals surface area (Å²) in [5.74, 6) is 1.37. The van der Waals surface area contributed by atoms with Gasteiger partial charge in [0.2, 0.25) is 0 Å². The Bertz CT molecular complexity index is 163. The zero-order chi connectivity index (χ0) is 8.81. The van der Waals surface area contributed by atoms with Crippen LogP contribution in [0, 0.1) is 11.8 Å². The van der Waals surface area contributed by atoms with Crippen LogP contribution in [-0.4, -0.2) is 26.5 Å². The predicted molar refractivity (Wildman–Crippen MR) is 54.3 cm³/mol. The predicted octanol–water partition coefficient (Wildman–Crippen LogP) is 2.19. The summed E-state index contributed by atoms with van der Waals surface area (Å²) in [6, 6.07) is 0. The van der Waals surface area contributed by atoms with Gasteiger partial charge in [-0.3, -0.25) is 0 Å². The molecule has 1 rings (SSSR count). The molecular weight excluding hydrogens is 148 g/mol. The van der Waals surface area contributed by atoms with E-state index in [0.29, 0.717) is 11.8 Å². The maximum atomic E-state index is 4.10. The van der Waals surface area contributed by atoms with Crippen molar-refractivity contribution in [3.05, 3.63) is 0 Å². The first-order chi connectivity index (χ1) is 5.88. The zero-order valence-corrected chi connectivity index (χ0v) is 7.87. The fourth-order valence-corrected chi connectivity index (χ4v) is 2.02. The maximum absolute atomic E-state index is 4.10. The first-order valence-electron chi connectivity index (χ1n) is 4.73. The summed E-state index contributed by atoms with van der Waals surface area (Å²) in [6.45, 7) is 4.47. The molecule has 0 radical (unpaired) electrons. The van der Waals surface area contributed by atoms with Crippen molar-refractivity contribution in [2.75, 3.05) is 13.6 Å². The molecule has 12 heavy (non-hydrogen) atoms. The molecule has 0 amide bonds. The highest BCUT2D eigenvalue weighted by Gasteiger charge is 2.22. The SMILES string of the molecule is C=NCC1CCCCC1C=NC. The summed E-state index contributed by atoms with van der Waals surface area (Å²) in [7, 11) is 1.85. The third-order valence-electron chi connectivity index (χ3n) is 2.67. The van der Waals surface area contributed by atoms with Crippen LogP contribution >= 0.6 is 0 Å². The standard InChI is InChI=1S/C10H18N2/c1-11-7-9-5-3-4-6-10(9)8-12-2/h8-10H,1,3-7H2,2H3. The van der Waals surface area contributed by atoms with Crippen molar-refractivity contribution in [3.8, 4) is 0 Å². The van der Waals surface area contributed by atoms with E-state index >= 15 is 0 Å². The Labute approximate surface area is 74.8 Å². The van der Waals surface area contributed by atoms with Gasteiger partial charge in [-0.2, -0.15) is 0 Å². The minimum atomic E-state index is 0.661. The molecule has 0 saturated heterocycles. The summed E-state index contributed by atoms with van der Waals surface area (Å²) in [4.78, 5) is 8.08. The molecular formula is C10H18N2. The van der Waals surface area contributed by atoms with E-state index < -0.39 is 0 Å². The Kier molecular flexibility index (Phi) is 3.98. The van der Waals surface area contributed by atoms with Crippen LogP contribution in [0.5, 0.6) is 0 Å². The van der Waals surface area contributed by atoms with Gasteiger partial charge in [-0.05, 0) is 31.4 Å². The zero-order valence-electron chi connectivity index (χ0n) is 7.87. The molecule has 0 spiro atoms. The minimum absolute atomic E-state index is 0.661. The van der Waals surface area contributed by atoms with Crippen LogP contribution in [0.25, 0.3) is 0 Å². The highest BCUT2D eigenvalue weighted by atomic mass is 14.7. The van der Waals surface area contributed by atoms with Crippen LogP contribution < -0.4 is 0 Å². The van der Waals surface area contributed by atoms with E-state index in [1.54, 1.807) is 0 Å². The molecule has 1 aliphatic rings. The molecule has 0 N–H and O–H groups in total. The second-order valence-corrected chi connectivity index (χ2v) is 3.52. The van der Waals surface area contributed by atoms with Crippen LogP contribution in [0.4, 0.5) is 0 Å². The van der Waals surface area contributed by atoms with E-state index in [-0.39, 0.29) is 0 Å². The van der Waals surface area contributed by atoms with Gasteiger partial charge in [0, 0.05) is 19.8 Å². The van der Waals surface area contributed by atoms with Crippen molar-refractivity contribution in [1.82, 2.24) is 0 Å². The van der Waals surface area contributed by atoms with Crippen LogP contribution in [0.2, 0.25) is 0 Å². The van der Waals surface area contributed by atoms with Gasteiger partial charge in [0.05, 0.1) is 0 Å². The molecule has 0 heterocycles. The molecule has 1 aliphatic carbocycles. The van der Waals surface area contributed by atoms with Gasteiger partial charge in [-0.1, -0.05) is 12.8 Å². The lowest BCUT2D eigenvalue weighted by Gasteiger charge is -2.27. The van der Waals surface area contributed by atoms with E-state index in [1.165, 1.54) is 25.7 Å². The van der Waals surface area contributed by atoms with Gasteiger partial charge in [-0.25, -0.2) is 0 Å². The number of rotatable bonds is 3. The molecule has 0 bridgehead atoms. The van der Waals surface area contributed by atoms with Crippen molar-refractivity contribution in [1.29, 1.82) is 0 Å². The fourth-order valence-electron chi connectivity index (χ4n) is 2.02. The normalized spacial score (nSPS) is 30.8. The van der Waals surface area contributed by atoms with Crippen molar-refractivity contribution in [2.24, 2.45) is 21.8 Å². The molecule has 2 atom stereocenters. The van der Waals surface area contributed by atoms with Gasteiger partial charge < -0.3 is 9.98 Å². The van der Waals surface area contributed by atoms with Gasteiger partial charge >= 0.3 is 0 Å². The largest absolute Gasteiger partial charge is 0.301 e. The highest BCUT2D eigenvalue weighted by molar-refractivity contribution is 5.61. The molecule has 2 nitrogen and oxygen atoms in total. The van der Waals surface area contributed by atoms with E-state index in [1.807, 2.05) is 7.05 Å². The second kappa shape index (κ2) is 5.07. The Hall–Kier alpha value is -0.660. The van der Waals surface area contributed by atoms with Gasteiger partial charge in [0.15, 0.2) is 0 Å². The summed E-state index contributed by atoms with van der Waals surface area (Å²) in [5, 5.41) is 0. The minimum Gasteiger partial charge on any atom is -0.301 e. The maximum Gasteiger partial charge on any atom is 0.0416 e. The molecule has 0 aliphatic heterocycles.